The van der Waals surface area contributed by atoms with E-state index in [0.29, 0.717) is 30.0 Å². The van der Waals surface area contributed by atoms with E-state index in [0.717, 1.165) is 57.0 Å². The van der Waals surface area contributed by atoms with Crippen molar-refractivity contribution in [3.05, 3.63) is 45.1 Å². The molecule has 1 saturated heterocycles. The summed E-state index contributed by atoms with van der Waals surface area (Å²) in [5, 5.41) is 6.44. The van der Waals surface area contributed by atoms with E-state index in [2.05, 4.69) is 45.7 Å². The molecule has 2 aliphatic heterocycles. The average molecular weight is 422 g/mol. The predicted molar refractivity (Wildman–Crippen MR) is 115 cm³/mol. The fourth-order valence-corrected chi connectivity index (χ4v) is 4.91. The highest BCUT2D eigenvalue weighted by molar-refractivity contribution is 7.10. The van der Waals surface area contributed by atoms with E-state index < -0.39 is 0 Å². The molecule has 1 atom stereocenters. The first-order valence-corrected chi connectivity index (χ1v) is 11.2. The van der Waals surface area contributed by atoms with E-state index in [1.165, 1.54) is 4.88 Å². The van der Waals surface area contributed by atoms with Gasteiger partial charge >= 0.3 is 0 Å². The van der Waals surface area contributed by atoms with Crippen LogP contribution >= 0.6 is 22.9 Å². The van der Waals surface area contributed by atoms with Crippen molar-refractivity contribution < 1.29 is 9.47 Å². The fraction of sp³-hybridized carbons (Fsp3) is 0.524. The molecular weight excluding hydrogens is 394 g/mol. The molecule has 1 aromatic heterocycles. The molecule has 1 N–H and O–H groups in total. The average Bonchev–Trinajstić information content (AvgIpc) is 3.11. The maximum atomic E-state index is 6.43. The summed E-state index contributed by atoms with van der Waals surface area (Å²) in [5.41, 5.74) is 1.12. The first-order valence-electron chi connectivity index (χ1n) is 9.95. The van der Waals surface area contributed by atoms with E-state index in [9.17, 15) is 0 Å². The Kier molecular flexibility index (Phi) is 6.75. The Morgan fingerprint density at radius 2 is 2.00 bits per heavy atom. The number of nitrogens with one attached hydrogen (secondary N) is 1. The number of halogens is 1. The van der Waals surface area contributed by atoms with Crippen molar-refractivity contribution in [3.63, 3.8) is 0 Å². The number of fused-ring (bicyclic) bond motifs is 1. The molecule has 1 fully saturated rings. The number of rotatable bonds is 6. The van der Waals surface area contributed by atoms with Crippen molar-refractivity contribution >= 4 is 22.9 Å². The maximum absolute atomic E-state index is 6.43. The van der Waals surface area contributed by atoms with Crippen LogP contribution in [0.15, 0.2) is 29.6 Å². The zero-order valence-corrected chi connectivity index (χ0v) is 17.9. The van der Waals surface area contributed by atoms with Gasteiger partial charge in [-0.15, -0.1) is 11.3 Å². The van der Waals surface area contributed by atoms with Gasteiger partial charge in [0.15, 0.2) is 11.5 Å². The van der Waals surface area contributed by atoms with Crippen LogP contribution in [0.25, 0.3) is 0 Å². The smallest absolute Gasteiger partial charge is 0.179 e. The highest BCUT2D eigenvalue weighted by atomic mass is 35.5. The summed E-state index contributed by atoms with van der Waals surface area (Å²) in [5.74, 6) is 1.44. The Morgan fingerprint density at radius 3 is 2.79 bits per heavy atom. The molecule has 5 nitrogen and oxygen atoms in total. The minimum absolute atomic E-state index is 0.407. The quantitative estimate of drug-likeness (QED) is 0.770. The zero-order valence-electron chi connectivity index (χ0n) is 16.3. The summed E-state index contributed by atoms with van der Waals surface area (Å²) in [4.78, 5) is 6.42. The zero-order chi connectivity index (χ0) is 19.3. The van der Waals surface area contributed by atoms with Crippen molar-refractivity contribution in [1.82, 2.24) is 15.1 Å². The van der Waals surface area contributed by atoms with Crippen LogP contribution < -0.4 is 14.8 Å². The summed E-state index contributed by atoms with van der Waals surface area (Å²) in [6, 6.07) is 8.84. The molecule has 0 saturated carbocycles. The lowest BCUT2D eigenvalue weighted by molar-refractivity contribution is 0.111. The van der Waals surface area contributed by atoms with Crippen molar-refractivity contribution in [2.75, 3.05) is 53.0 Å². The first kappa shape index (κ1) is 20.0. The van der Waals surface area contributed by atoms with Gasteiger partial charge in [-0.05, 0) is 36.2 Å². The van der Waals surface area contributed by atoms with Gasteiger partial charge in [-0.25, -0.2) is 0 Å². The highest BCUT2D eigenvalue weighted by Crippen LogP contribution is 2.38. The number of likely N-dealkylation sites (N-methyl/N-ethyl adjacent to an activating group) is 1. The number of ether oxygens (including phenoxy) is 2. The Hall–Kier alpha value is -1.31. The van der Waals surface area contributed by atoms with Crippen LogP contribution in [0.4, 0.5) is 0 Å². The molecule has 2 aromatic rings. The van der Waals surface area contributed by atoms with Crippen LogP contribution in [0.3, 0.4) is 0 Å². The topological polar surface area (TPSA) is 37.0 Å². The van der Waals surface area contributed by atoms with Gasteiger partial charge in [0.25, 0.3) is 0 Å². The van der Waals surface area contributed by atoms with Crippen LogP contribution in [0.5, 0.6) is 11.5 Å². The first-order chi connectivity index (χ1) is 13.7. The minimum atomic E-state index is 0.407. The minimum Gasteiger partial charge on any atom is -0.489 e. The number of benzene rings is 1. The number of hydrogen-bond donors (Lipinski definition) is 1. The summed E-state index contributed by atoms with van der Waals surface area (Å²) in [6.45, 7) is 7.46. The van der Waals surface area contributed by atoms with Crippen molar-refractivity contribution in [3.8, 4) is 11.5 Å². The van der Waals surface area contributed by atoms with Gasteiger partial charge in [0, 0.05) is 50.6 Å². The number of nitrogens with zero attached hydrogens (tertiary/aromatic N) is 2. The highest BCUT2D eigenvalue weighted by Gasteiger charge is 2.24. The van der Waals surface area contributed by atoms with Gasteiger partial charge in [-0.3, -0.25) is 4.90 Å². The molecule has 0 aliphatic carbocycles. The van der Waals surface area contributed by atoms with E-state index in [-0.39, 0.29) is 0 Å². The summed E-state index contributed by atoms with van der Waals surface area (Å²) in [6.07, 6.45) is 0.881. The molecule has 1 aromatic carbocycles. The molecule has 152 valence electrons. The standard InChI is InChI=1S/C21H28ClN3O2S/c1-24-5-7-25(8-6-24)18(20-4-2-11-28-20)15-23-14-16-12-17(22)21-19(13-16)26-9-3-10-27-21/h2,4,11-13,18,23H,3,5-10,14-15H2,1H3/t18-/m1/s1. The van der Waals surface area contributed by atoms with Crippen molar-refractivity contribution in [1.29, 1.82) is 0 Å². The molecule has 0 radical (unpaired) electrons. The second-order valence-corrected chi connectivity index (χ2v) is 8.84. The Labute approximate surface area is 176 Å². The van der Waals surface area contributed by atoms with Crippen molar-refractivity contribution in [2.45, 2.75) is 19.0 Å². The fourth-order valence-electron chi connectivity index (χ4n) is 3.76. The number of piperazine rings is 1. The monoisotopic (exact) mass is 421 g/mol. The predicted octanol–water partition coefficient (Wildman–Crippen LogP) is 3.64. The van der Waals surface area contributed by atoms with Crippen LogP contribution in [0.2, 0.25) is 5.02 Å². The molecule has 0 spiro atoms. The van der Waals surface area contributed by atoms with Gasteiger partial charge in [-0.2, -0.15) is 0 Å². The van der Waals surface area contributed by atoms with Gasteiger partial charge in [0.05, 0.1) is 24.3 Å². The molecule has 28 heavy (non-hydrogen) atoms. The number of hydrogen-bond acceptors (Lipinski definition) is 6. The van der Waals surface area contributed by atoms with Crippen LogP contribution in [0, 0.1) is 0 Å². The third kappa shape index (κ3) is 4.81. The molecule has 2 aliphatic rings. The largest absolute Gasteiger partial charge is 0.489 e. The lowest BCUT2D eigenvalue weighted by Crippen LogP contribution is -2.47. The Balaban J connectivity index is 1.41. The summed E-state index contributed by atoms with van der Waals surface area (Å²) in [7, 11) is 2.20. The van der Waals surface area contributed by atoms with Gasteiger partial charge in [-0.1, -0.05) is 17.7 Å². The van der Waals surface area contributed by atoms with Gasteiger partial charge < -0.3 is 19.7 Å². The third-order valence-corrected chi connectivity index (χ3v) is 6.63. The van der Waals surface area contributed by atoms with E-state index in [1.54, 1.807) is 0 Å². The molecule has 4 rings (SSSR count). The third-order valence-electron chi connectivity index (χ3n) is 5.38. The van der Waals surface area contributed by atoms with Gasteiger partial charge in [0.2, 0.25) is 0 Å². The second-order valence-electron chi connectivity index (χ2n) is 7.46. The molecule has 0 bridgehead atoms. The van der Waals surface area contributed by atoms with E-state index >= 15 is 0 Å². The van der Waals surface area contributed by atoms with Crippen LogP contribution in [0.1, 0.15) is 22.9 Å². The Bertz CT molecular complexity index is 763. The van der Waals surface area contributed by atoms with Crippen LogP contribution in [-0.2, 0) is 6.54 Å². The normalized spacial score (nSPS) is 19.4. The molecule has 0 unspecified atom stereocenters. The lowest BCUT2D eigenvalue weighted by atomic mass is 10.1. The molecular formula is C21H28ClN3O2S. The van der Waals surface area contributed by atoms with E-state index in [4.69, 9.17) is 21.1 Å². The van der Waals surface area contributed by atoms with Crippen LogP contribution in [-0.4, -0.2) is 62.8 Å². The summed E-state index contributed by atoms with van der Waals surface area (Å²) >= 11 is 8.28. The van der Waals surface area contributed by atoms with E-state index in [1.807, 2.05) is 17.4 Å². The summed E-state index contributed by atoms with van der Waals surface area (Å²) < 4.78 is 11.5. The maximum Gasteiger partial charge on any atom is 0.179 e. The molecule has 3 heterocycles. The second kappa shape index (κ2) is 9.46. The Morgan fingerprint density at radius 1 is 1.18 bits per heavy atom. The lowest BCUT2D eigenvalue weighted by Gasteiger charge is -2.37. The van der Waals surface area contributed by atoms with Crippen molar-refractivity contribution in [2.24, 2.45) is 0 Å². The SMILES string of the molecule is CN1CCN([C@H](CNCc2cc(Cl)c3c(c2)OCCCO3)c2cccs2)CC1. The molecule has 0 amide bonds. The van der Waals surface area contributed by atoms with Gasteiger partial charge in [0.1, 0.15) is 0 Å². The molecule has 7 heteroatoms. The number of thiophene rings is 1.